The Balaban J connectivity index is 1.70. The monoisotopic (exact) mass is 232 g/mol. The first-order valence-electron chi connectivity index (χ1n) is 6.16. The first kappa shape index (κ1) is 10.5. The van der Waals surface area contributed by atoms with E-state index in [1.54, 1.807) is 6.33 Å². The molecule has 0 aromatic carbocycles. The molecule has 3 rings (SSSR count). The second kappa shape index (κ2) is 4.31. The third-order valence-corrected chi connectivity index (χ3v) is 3.23. The summed E-state index contributed by atoms with van der Waals surface area (Å²) < 4.78 is 0. The quantitative estimate of drug-likeness (QED) is 0.849. The summed E-state index contributed by atoms with van der Waals surface area (Å²) in [6, 6.07) is 2.58. The van der Waals surface area contributed by atoms with Gasteiger partial charge in [0.25, 0.3) is 0 Å². The zero-order valence-electron chi connectivity index (χ0n) is 9.72. The summed E-state index contributed by atoms with van der Waals surface area (Å²) in [5.74, 6) is 2.18. The molecule has 2 fully saturated rings. The van der Waals surface area contributed by atoms with E-state index in [4.69, 9.17) is 0 Å². The maximum atomic E-state index is 11.2. The summed E-state index contributed by atoms with van der Waals surface area (Å²) in [5, 5.41) is 3.36. The predicted molar refractivity (Wildman–Crippen MR) is 65.1 cm³/mol. The molecule has 1 saturated carbocycles. The van der Waals surface area contributed by atoms with Crippen molar-refractivity contribution >= 4 is 17.4 Å². The molecule has 1 aromatic heterocycles. The number of anilines is 2. The normalized spacial score (nSPS) is 20.5. The van der Waals surface area contributed by atoms with Crippen molar-refractivity contribution in [3.05, 3.63) is 12.4 Å². The van der Waals surface area contributed by atoms with Gasteiger partial charge in [-0.25, -0.2) is 9.97 Å². The highest BCUT2D eigenvalue weighted by molar-refractivity contribution is 5.80. The van der Waals surface area contributed by atoms with Crippen LogP contribution >= 0.6 is 0 Å². The van der Waals surface area contributed by atoms with Crippen LogP contribution in [0.5, 0.6) is 0 Å². The van der Waals surface area contributed by atoms with Crippen LogP contribution in [0.2, 0.25) is 0 Å². The first-order chi connectivity index (χ1) is 8.31. The molecule has 2 heterocycles. The van der Waals surface area contributed by atoms with E-state index < -0.39 is 0 Å². The van der Waals surface area contributed by atoms with Crippen LogP contribution in [0, 0.1) is 0 Å². The van der Waals surface area contributed by atoms with Gasteiger partial charge >= 0.3 is 0 Å². The van der Waals surface area contributed by atoms with Crippen molar-refractivity contribution < 1.29 is 4.79 Å². The number of Topliss-reactive ketones (excluding diaryl/α,β-unsaturated/α-hetero) is 1. The number of nitrogens with zero attached hydrogens (tertiary/aromatic N) is 3. The first-order valence-corrected chi connectivity index (χ1v) is 6.16. The fourth-order valence-corrected chi connectivity index (χ4v) is 2.02. The number of nitrogens with one attached hydrogen (secondary N) is 1. The van der Waals surface area contributed by atoms with Gasteiger partial charge in [0.1, 0.15) is 23.7 Å². The van der Waals surface area contributed by atoms with E-state index in [2.05, 4.69) is 20.2 Å². The average molecular weight is 232 g/mol. The van der Waals surface area contributed by atoms with Crippen molar-refractivity contribution in [3.63, 3.8) is 0 Å². The summed E-state index contributed by atoms with van der Waals surface area (Å²) >= 11 is 0. The summed E-state index contributed by atoms with van der Waals surface area (Å²) in [5.41, 5.74) is 0. The lowest BCUT2D eigenvalue weighted by molar-refractivity contribution is -0.119. The van der Waals surface area contributed by atoms with Crippen LogP contribution in [0.15, 0.2) is 12.4 Å². The molecule has 1 aliphatic carbocycles. The molecule has 0 atom stereocenters. The van der Waals surface area contributed by atoms with E-state index in [0.717, 1.165) is 24.7 Å². The number of carbonyl (C=O) groups is 1. The van der Waals surface area contributed by atoms with Crippen molar-refractivity contribution in [1.82, 2.24) is 9.97 Å². The van der Waals surface area contributed by atoms with E-state index in [9.17, 15) is 4.79 Å². The van der Waals surface area contributed by atoms with E-state index in [1.807, 2.05) is 6.07 Å². The molecule has 0 radical (unpaired) electrons. The minimum absolute atomic E-state index is 0.353. The summed E-state index contributed by atoms with van der Waals surface area (Å²) in [6.07, 6.45) is 5.33. The van der Waals surface area contributed by atoms with Crippen molar-refractivity contribution in [1.29, 1.82) is 0 Å². The molecule has 5 nitrogen and oxygen atoms in total. The van der Waals surface area contributed by atoms with Crippen molar-refractivity contribution in [2.24, 2.45) is 0 Å². The Labute approximate surface area is 100 Å². The molecule has 0 amide bonds. The Morgan fingerprint density at radius 2 is 2.00 bits per heavy atom. The molecular formula is C12H16N4O. The van der Waals surface area contributed by atoms with E-state index in [0.29, 0.717) is 24.7 Å². The van der Waals surface area contributed by atoms with Crippen LogP contribution in [0.3, 0.4) is 0 Å². The fraction of sp³-hybridized carbons (Fsp3) is 0.583. The lowest BCUT2D eigenvalue weighted by Crippen LogP contribution is -2.34. The molecule has 2 aliphatic rings. The molecule has 90 valence electrons. The summed E-state index contributed by atoms with van der Waals surface area (Å²) in [4.78, 5) is 21.8. The largest absolute Gasteiger partial charge is 0.367 e. The maximum absolute atomic E-state index is 11.2. The van der Waals surface area contributed by atoms with Crippen LogP contribution in [0.1, 0.15) is 25.7 Å². The van der Waals surface area contributed by atoms with Crippen LogP contribution in [-0.2, 0) is 4.79 Å². The van der Waals surface area contributed by atoms with Gasteiger partial charge in [-0.3, -0.25) is 4.79 Å². The Morgan fingerprint density at radius 1 is 1.24 bits per heavy atom. The molecule has 1 aromatic rings. The lowest BCUT2D eigenvalue weighted by atomic mass is 10.1. The standard InChI is InChI=1S/C12H16N4O/c17-10-3-5-16(6-4-10)12-7-11(13-8-14-12)15-9-1-2-9/h7-9H,1-6H2,(H,13,14,15). The number of rotatable bonds is 3. The van der Waals surface area contributed by atoms with Crippen LogP contribution in [0.25, 0.3) is 0 Å². The lowest BCUT2D eigenvalue weighted by Gasteiger charge is -2.27. The summed E-state index contributed by atoms with van der Waals surface area (Å²) in [6.45, 7) is 1.55. The molecule has 1 saturated heterocycles. The van der Waals surface area contributed by atoms with Crippen molar-refractivity contribution in [3.8, 4) is 0 Å². The zero-order valence-corrected chi connectivity index (χ0v) is 9.72. The molecule has 5 heteroatoms. The van der Waals surface area contributed by atoms with E-state index in [-0.39, 0.29) is 0 Å². The molecule has 0 bridgehead atoms. The van der Waals surface area contributed by atoms with Gasteiger partial charge in [-0.15, -0.1) is 0 Å². The Morgan fingerprint density at radius 3 is 2.71 bits per heavy atom. The number of hydrogen-bond donors (Lipinski definition) is 1. The average Bonchev–Trinajstić information content (AvgIpc) is 3.14. The minimum Gasteiger partial charge on any atom is -0.367 e. The van der Waals surface area contributed by atoms with E-state index >= 15 is 0 Å². The topological polar surface area (TPSA) is 58.1 Å². The zero-order chi connectivity index (χ0) is 11.7. The van der Waals surface area contributed by atoms with E-state index in [1.165, 1.54) is 12.8 Å². The number of aromatic nitrogens is 2. The van der Waals surface area contributed by atoms with Gasteiger partial charge in [0, 0.05) is 38.0 Å². The highest BCUT2D eigenvalue weighted by atomic mass is 16.1. The predicted octanol–water partition coefficient (Wildman–Crippen LogP) is 1.22. The third kappa shape index (κ3) is 2.54. The molecular weight excluding hydrogens is 216 g/mol. The van der Waals surface area contributed by atoms with Crippen LogP contribution < -0.4 is 10.2 Å². The summed E-state index contributed by atoms with van der Waals surface area (Å²) in [7, 11) is 0. The molecule has 1 aliphatic heterocycles. The SMILES string of the molecule is O=C1CCN(c2cc(NC3CC3)ncn2)CC1. The van der Waals surface area contributed by atoms with Gasteiger partial charge in [0.2, 0.25) is 0 Å². The number of hydrogen-bond acceptors (Lipinski definition) is 5. The number of carbonyl (C=O) groups excluding carboxylic acids is 1. The van der Waals surface area contributed by atoms with Crippen LogP contribution in [0.4, 0.5) is 11.6 Å². The van der Waals surface area contributed by atoms with Gasteiger partial charge in [-0.05, 0) is 12.8 Å². The fourth-order valence-electron chi connectivity index (χ4n) is 2.02. The molecule has 17 heavy (non-hydrogen) atoms. The van der Waals surface area contributed by atoms with Crippen molar-refractivity contribution in [2.45, 2.75) is 31.7 Å². The minimum atomic E-state index is 0.353. The second-order valence-corrected chi connectivity index (χ2v) is 4.71. The Bertz CT molecular complexity index is 420. The Hall–Kier alpha value is -1.65. The maximum Gasteiger partial charge on any atom is 0.136 e. The second-order valence-electron chi connectivity index (χ2n) is 4.71. The highest BCUT2D eigenvalue weighted by Gasteiger charge is 2.22. The molecule has 0 unspecified atom stereocenters. The smallest absolute Gasteiger partial charge is 0.136 e. The van der Waals surface area contributed by atoms with Crippen LogP contribution in [-0.4, -0.2) is 34.9 Å². The highest BCUT2D eigenvalue weighted by Crippen LogP contribution is 2.25. The number of ketones is 1. The molecule has 0 spiro atoms. The van der Waals surface area contributed by atoms with Gasteiger partial charge in [-0.2, -0.15) is 0 Å². The number of piperidine rings is 1. The Kier molecular flexibility index (Phi) is 2.66. The molecule has 1 N–H and O–H groups in total. The van der Waals surface area contributed by atoms with Gasteiger partial charge in [0.05, 0.1) is 0 Å². The van der Waals surface area contributed by atoms with Gasteiger partial charge in [-0.1, -0.05) is 0 Å². The van der Waals surface area contributed by atoms with Gasteiger partial charge < -0.3 is 10.2 Å². The third-order valence-electron chi connectivity index (χ3n) is 3.23. The van der Waals surface area contributed by atoms with Gasteiger partial charge in [0.15, 0.2) is 0 Å². The van der Waals surface area contributed by atoms with Crippen molar-refractivity contribution in [2.75, 3.05) is 23.3 Å².